The minimum atomic E-state index is 0. The lowest BCUT2D eigenvalue weighted by Crippen LogP contribution is -2.61. The maximum Gasteiger partial charge on any atom is 0.0258 e. The van der Waals surface area contributed by atoms with E-state index in [0.717, 1.165) is 12.0 Å². The quantitative estimate of drug-likeness (QED) is 0.553. The molecule has 2 saturated heterocycles. The maximum absolute atomic E-state index is 3.40. The summed E-state index contributed by atoms with van der Waals surface area (Å²) in [7, 11) is 2.22. The van der Waals surface area contributed by atoms with Gasteiger partial charge in [-0.15, -0.1) is 12.4 Å². The van der Waals surface area contributed by atoms with Crippen molar-refractivity contribution in [3.8, 4) is 0 Å². The minimum Gasteiger partial charge on any atom is -0.315 e. The highest BCUT2D eigenvalue weighted by Gasteiger charge is 2.37. The van der Waals surface area contributed by atoms with Gasteiger partial charge in [-0.3, -0.25) is 0 Å². The molecular weight excluding hydrogens is 148 g/mol. The Labute approximate surface area is 68.4 Å². The second kappa shape index (κ2) is 3.07. The first kappa shape index (κ1) is 8.31. The highest BCUT2D eigenvalue weighted by atomic mass is 35.5. The summed E-state index contributed by atoms with van der Waals surface area (Å²) in [5.41, 5.74) is 0. The Morgan fingerprint density at radius 1 is 1.50 bits per heavy atom. The van der Waals surface area contributed by atoms with Gasteiger partial charge < -0.3 is 10.2 Å². The largest absolute Gasteiger partial charge is 0.315 e. The van der Waals surface area contributed by atoms with Crippen LogP contribution in [0, 0.1) is 5.92 Å². The molecule has 2 fully saturated rings. The Bertz CT molecular complexity index is 116. The normalized spacial score (nSPS) is 39.3. The van der Waals surface area contributed by atoms with Crippen LogP contribution in [0.4, 0.5) is 0 Å². The molecule has 0 bridgehead atoms. The van der Waals surface area contributed by atoms with Crippen LogP contribution in [0.2, 0.25) is 0 Å². The van der Waals surface area contributed by atoms with E-state index in [2.05, 4.69) is 17.3 Å². The first-order valence-electron chi connectivity index (χ1n) is 3.79. The van der Waals surface area contributed by atoms with Crippen molar-refractivity contribution in [3.63, 3.8) is 0 Å². The minimum absolute atomic E-state index is 0. The van der Waals surface area contributed by atoms with Crippen LogP contribution in [0.15, 0.2) is 0 Å². The molecule has 10 heavy (non-hydrogen) atoms. The van der Waals surface area contributed by atoms with Gasteiger partial charge in [0.1, 0.15) is 0 Å². The molecule has 2 aliphatic rings. The third-order valence-electron chi connectivity index (χ3n) is 2.68. The van der Waals surface area contributed by atoms with Gasteiger partial charge in [0.15, 0.2) is 0 Å². The summed E-state index contributed by atoms with van der Waals surface area (Å²) in [6, 6.07) is 0.874. The monoisotopic (exact) mass is 162 g/mol. The Hall–Kier alpha value is 0.210. The average molecular weight is 163 g/mol. The Kier molecular flexibility index (Phi) is 2.55. The van der Waals surface area contributed by atoms with Crippen LogP contribution in [-0.4, -0.2) is 37.6 Å². The molecule has 1 N–H and O–H groups in total. The molecule has 2 rings (SSSR count). The number of rotatable bonds is 0. The molecule has 0 aromatic heterocycles. The highest BCUT2D eigenvalue weighted by molar-refractivity contribution is 5.85. The lowest BCUT2D eigenvalue weighted by molar-refractivity contribution is 0.0191. The van der Waals surface area contributed by atoms with Gasteiger partial charge in [-0.25, -0.2) is 0 Å². The van der Waals surface area contributed by atoms with Crippen molar-refractivity contribution < 1.29 is 0 Å². The molecule has 2 atom stereocenters. The summed E-state index contributed by atoms with van der Waals surface area (Å²) in [6.07, 6.45) is 1.40. The summed E-state index contributed by atoms with van der Waals surface area (Å²) < 4.78 is 0. The zero-order valence-corrected chi connectivity index (χ0v) is 7.16. The fourth-order valence-corrected chi connectivity index (χ4v) is 1.99. The summed E-state index contributed by atoms with van der Waals surface area (Å²) in [4.78, 5) is 2.44. The Balaban J connectivity index is 0.000000500. The molecule has 0 aromatic rings. The number of fused-ring (bicyclic) bond motifs is 1. The predicted octanol–water partition coefficient (Wildman–Crippen LogP) is 0.332. The number of nitrogens with one attached hydrogen (secondary N) is 1. The third-order valence-corrected chi connectivity index (χ3v) is 2.68. The molecule has 0 radical (unpaired) electrons. The first-order valence-corrected chi connectivity index (χ1v) is 3.79. The second-order valence-electron chi connectivity index (χ2n) is 3.26. The van der Waals surface area contributed by atoms with Crippen LogP contribution >= 0.6 is 12.4 Å². The van der Waals surface area contributed by atoms with Crippen molar-refractivity contribution in [2.24, 2.45) is 5.92 Å². The van der Waals surface area contributed by atoms with Gasteiger partial charge in [-0.1, -0.05) is 0 Å². The summed E-state index contributed by atoms with van der Waals surface area (Å²) in [6.45, 7) is 3.81. The van der Waals surface area contributed by atoms with Gasteiger partial charge >= 0.3 is 0 Å². The lowest BCUT2D eigenvalue weighted by atomic mass is 9.84. The molecular formula is C7H15ClN2. The lowest BCUT2D eigenvalue weighted by Gasteiger charge is -2.49. The van der Waals surface area contributed by atoms with E-state index in [4.69, 9.17) is 0 Å². The van der Waals surface area contributed by atoms with E-state index >= 15 is 0 Å². The number of piperidine rings is 1. The molecule has 0 amide bonds. The fraction of sp³-hybridized carbons (Fsp3) is 1.00. The first-order chi connectivity index (χ1) is 4.38. The molecule has 0 aliphatic carbocycles. The van der Waals surface area contributed by atoms with E-state index in [1.54, 1.807) is 0 Å². The molecule has 0 spiro atoms. The van der Waals surface area contributed by atoms with E-state index < -0.39 is 0 Å². The molecule has 0 aromatic carbocycles. The number of nitrogens with zero attached hydrogens (tertiary/aromatic N) is 1. The molecule has 0 unspecified atom stereocenters. The van der Waals surface area contributed by atoms with Gasteiger partial charge in [-0.05, 0) is 25.9 Å². The molecule has 2 heterocycles. The fourth-order valence-electron chi connectivity index (χ4n) is 1.99. The van der Waals surface area contributed by atoms with Crippen molar-refractivity contribution >= 4 is 12.4 Å². The highest BCUT2D eigenvalue weighted by Crippen LogP contribution is 2.27. The topological polar surface area (TPSA) is 15.3 Å². The number of hydrogen-bond acceptors (Lipinski definition) is 2. The van der Waals surface area contributed by atoms with Crippen molar-refractivity contribution in [1.29, 1.82) is 0 Å². The number of hydrogen-bond donors (Lipinski definition) is 1. The zero-order chi connectivity index (χ0) is 6.27. The van der Waals surface area contributed by atoms with Crippen molar-refractivity contribution in [2.45, 2.75) is 12.5 Å². The molecule has 0 saturated carbocycles. The van der Waals surface area contributed by atoms with Gasteiger partial charge in [0, 0.05) is 19.1 Å². The Morgan fingerprint density at radius 3 is 2.80 bits per heavy atom. The standard InChI is InChI=1S/C7H14N2.ClH/c1-9-5-6-2-3-8-4-7(6)9;/h6-8H,2-5H2,1H3;1H/t6-,7-;/m0./s1. The van der Waals surface area contributed by atoms with E-state index in [-0.39, 0.29) is 12.4 Å². The van der Waals surface area contributed by atoms with E-state index in [9.17, 15) is 0 Å². The van der Waals surface area contributed by atoms with Crippen LogP contribution in [0.3, 0.4) is 0 Å². The summed E-state index contributed by atoms with van der Waals surface area (Å²) in [5.74, 6) is 1.02. The van der Waals surface area contributed by atoms with Crippen LogP contribution in [0.5, 0.6) is 0 Å². The maximum atomic E-state index is 3.40. The van der Waals surface area contributed by atoms with E-state index in [0.29, 0.717) is 0 Å². The van der Waals surface area contributed by atoms with Crippen LogP contribution < -0.4 is 5.32 Å². The van der Waals surface area contributed by atoms with Gasteiger partial charge in [0.2, 0.25) is 0 Å². The molecule has 2 aliphatic heterocycles. The Morgan fingerprint density at radius 2 is 2.30 bits per heavy atom. The number of halogens is 1. The molecule has 60 valence electrons. The zero-order valence-electron chi connectivity index (χ0n) is 6.34. The smallest absolute Gasteiger partial charge is 0.0258 e. The number of likely N-dealkylation sites (N-methyl/N-ethyl adjacent to an activating group) is 1. The third kappa shape index (κ3) is 1.16. The SMILES string of the molecule is CN1C[C@@H]2CCNC[C@@H]21.Cl. The summed E-state index contributed by atoms with van der Waals surface area (Å²) in [5, 5.41) is 3.40. The molecule has 3 heteroatoms. The van der Waals surface area contributed by atoms with Crippen molar-refractivity contribution in [2.75, 3.05) is 26.7 Å². The van der Waals surface area contributed by atoms with Crippen LogP contribution in [0.25, 0.3) is 0 Å². The van der Waals surface area contributed by atoms with Gasteiger partial charge in [-0.2, -0.15) is 0 Å². The van der Waals surface area contributed by atoms with Crippen molar-refractivity contribution in [3.05, 3.63) is 0 Å². The van der Waals surface area contributed by atoms with Crippen LogP contribution in [-0.2, 0) is 0 Å². The second-order valence-corrected chi connectivity index (χ2v) is 3.26. The predicted molar refractivity (Wildman–Crippen MR) is 44.6 cm³/mol. The average Bonchev–Trinajstić information content (AvgIpc) is 1.86. The van der Waals surface area contributed by atoms with Crippen LogP contribution in [0.1, 0.15) is 6.42 Å². The van der Waals surface area contributed by atoms with Gasteiger partial charge in [0.25, 0.3) is 0 Å². The summed E-state index contributed by atoms with van der Waals surface area (Å²) >= 11 is 0. The molecule has 2 nitrogen and oxygen atoms in total. The number of likely N-dealkylation sites (tertiary alicyclic amines) is 1. The van der Waals surface area contributed by atoms with Gasteiger partial charge in [0.05, 0.1) is 0 Å². The van der Waals surface area contributed by atoms with Crippen molar-refractivity contribution in [1.82, 2.24) is 10.2 Å². The van der Waals surface area contributed by atoms with E-state index in [1.807, 2.05) is 0 Å². The van der Waals surface area contributed by atoms with E-state index in [1.165, 1.54) is 26.1 Å².